The van der Waals surface area contributed by atoms with Crippen molar-refractivity contribution in [2.75, 3.05) is 7.11 Å². The second kappa shape index (κ2) is 7.19. The number of nitrogens with zero attached hydrogens (tertiary/aromatic N) is 2. The third-order valence-electron chi connectivity index (χ3n) is 2.88. The van der Waals surface area contributed by atoms with E-state index >= 15 is 0 Å². The van der Waals surface area contributed by atoms with Gasteiger partial charge in [-0.1, -0.05) is 41.7 Å². The minimum absolute atomic E-state index is 0.0340. The number of benzene rings is 1. The smallest absolute Gasteiger partial charge is 0.427 e. The van der Waals surface area contributed by atoms with Gasteiger partial charge in [0, 0.05) is 0 Å². The topological polar surface area (TPSA) is 75.8 Å². The monoisotopic (exact) mass is 337 g/mol. The van der Waals surface area contributed by atoms with Crippen LogP contribution in [0, 0.1) is 3.95 Å². The van der Waals surface area contributed by atoms with Gasteiger partial charge in [0.2, 0.25) is 5.88 Å². The van der Waals surface area contributed by atoms with Crippen LogP contribution in [0.15, 0.2) is 35.4 Å². The molecule has 1 amide bonds. The predicted molar refractivity (Wildman–Crippen MR) is 88.1 cm³/mol. The lowest BCUT2D eigenvalue weighted by atomic mass is 10.2. The lowest BCUT2D eigenvalue weighted by Gasteiger charge is -2.05. The van der Waals surface area contributed by atoms with Crippen molar-refractivity contribution in [1.82, 2.24) is 9.99 Å². The Bertz CT molecular complexity index is 750. The van der Waals surface area contributed by atoms with Crippen molar-refractivity contribution < 1.29 is 14.6 Å². The number of methoxy groups -OCH3 is 1. The fourth-order valence-corrected chi connectivity index (χ4v) is 3.00. The van der Waals surface area contributed by atoms with Crippen LogP contribution in [0.1, 0.15) is 17.4 Å². The molecule has 2 rings (SSSR count). The lowest BCUT2D eigenvalue weighted by molar-refractivity contribution is 0.171. The molecule has 0 unspecified atom stereocenters. The van der Waals surface area contributed by atoms with Crippen LogP contribution in [-0.4, -0.2) is 28.6 Å². The maximum Gasteiger partial charge on any atom is 0.427 e. The van der Waals surface area contributed by atoms with Crippen molar-refractivity contribution >= 4 is 35.4 Å². The first-order valence-corrected chi connectivity index (χ1v) is 7.60. The molecule has 0 bridgehead atoms. The highest BCUT2D eigenvalue weighted by Crippen LogP contribution is 2.27. The summed E-state index contributed by atoms with van der Waals surface area (Å²) in [5, 5.41) is 14.2. The highest BCUT2D eigenvalue weighted by atomic mass is 32.1. The van der Waals surface area contributed by atoms with Gasteiger partial charge in [-0.05, 0) is 24.7 Å². The van der Waals surface area contributed by atoms with E-state index in [4.69, 9.17) is 12.2 Å². The Kier molecular flexibility index (Phi) is 5.29. The third kappa shape index (κ3) is 3.71. The van der Waals surface area contributed by atoms with Crippen molar-refractivity contribution in [2.24, 2.45) is 5.10 Å². The zero-order valence-corrected chi connectivity index (χ0v) is 13.7. The van der Waals surface area contributed by atoms with Crippen LogP contribution in [0.25, 0.3) is 0 Å². The number of carbonyl (C=O) groups excluding carboxylic acids is 1. The molecule has 2 N–H and O–H groups in total. The van der Waals surface area contributed by atoms with Gasteiger partial charge in [-0.15, -0.1) is 0 Å². The van der Waals surface area contributed by atoms with E-state index in [0.29, 0.717) is 21.1 Å². The zero-order valence-electron chi connectivity index (χ0n) is 12.1. The van der Waals surface area contributed by atoms with Crippen molar-refractivity contribution in [1.29, 1.82) is 0 Å². The van der Waals surface area contributed by atoms with Crippen molar-refractivity contribution in [2.45, 2.75) is 13.5 Å². The van der Waals surface area contributed by atoms with Gasteiger partial charge in [0.15, 0.2) is 3.95 Å². The Hall–Kier alpha value is -2.19. The summed E-state index contributed by atoms with van der Waals surface area (Å²) in [5.74, 6) is 0.0340. The van der Waals surface area contributed by atoms with Gasteiger partial charge in [-0.2, -0.15) is 5.10 Å². The van der Waals surface area contributed by atoms with Gasteiger partial charge >= 0.3 is 6.09 Å². The highest BCUT2D eigenvalue weighted by molar-refractivity contribution is 7.73. The number of hydrogen-bond donors (Lipinski definition) is 2. The van der Waals surface area contributed by atoms with Gasteiger partial charge in [0.25, 0.3) is 0 Å². The minimum Gasteiger partial charge on any atom is -0.493 e. The zero-order chi connectivity index (χ0) is 16.1. The van der Waals surface area contributed by atoms with Crippen LogP contribution in [0.5, 0.6) is 5.88 Å². The number of carbonyl (C=O) groups is 1. The number of thiazole rings is 1. The first-order chi connectivity index (χ1) is 10.5. The molecule has 0 spiro atoms. The molecule has 0 aliphatic carbocycles. The maximum absolute atomic E-state index is 11.0. The summed E-state index contributed by atoms with van der Waals surface area (Å²) in [6, 6.07) is 9.69. The summed E-state index contributed by atoms with van der Waals surface area (Å²) in [6.45, 7) is 2.14. The van der Waals surface area contributed by atoms with Crippen molar-refractivity contribution in [3.05, 3.63) is 44.7 Å². The Morgan fingerprint density at radius 1 is 1.45 bits per heavy atom. The molecule has 0 fully saturated rings. The molecule has 0 radical (unpaired) electrons. The van der Waals surface area contributed by atoms with Crippen LogP contribution in [-0.2, 0) is 11.3 Å². The Balaban J connectivity index is 2.27. The average molecular weight is 337 g/mol. The molecule has 0 aliphatic rings. The number of hydrazone groups is 1. The van der Waals surface area contributed by atoms with E-state index in [1.807, 2.05) is 30.3 Å². The summed E-state index contributed by atoms with van der Waals surface area (Å²) < 4.78 is 6.59. The second-order valence-corrected chi connectivity index (χ2v) is 6.04. The van der Waals surface area contributed by atoms with Gasteiger partial charge in [-0.3, -0.25) is 4.57 Å². The summed E-state index contributed by atoms with van der Waals surface area (Å²) in [6.07, 6.45) is -0.675. The summed E-state index contributed by atoms with van der Waals surface area (Å²) in [4.78, 5) is 11.5. The van der Waals surface area contributed by atoms with Crippen LogP contribution >= 0.6 is 23.6 Å². The predicted octanol–water partition coefficient (Wildman–Crippen LogP) is 3.11. The summed E-state index contributed by atoms with van der Waals surface area (Å²) in [7, 11) is 1.25. The van der Waals surface area contributed by atoms with Gasteiger partial charge in [0.1, 0.15) is 4.88 Å². The summed E-state index contributed by atoms with van der Waals surface area (Å²) in [5.41, 5.74) is 3.69. The Morgan fingerprint density at radius 2 is 2.14 bits per heavy atom. The molecular formula is C14H15N3O3S2. The molecule has 0 aliphatic heterocycles. The van der Waals surface area contributed by atoms with E-state index in [1.54, 1.807) is 11.5 Å². The van der Waals surface area contributed by atoms with Crippen LogP contribution in [0.4, 0.5) is 4.79 Å². The SMILES string of the molecule is COC(=O)N/N=C(\C)c1sc(=S)n(Cc2ccccc2)c1O. The van der Waals surface area contributed by atoms with E-state index in [0.717, 1.165) is 5.56 Å². The fraction of sp³-hybridized carbons (Fsp3) is 0.214. The van der Waals surface area contributed by atoms with E-state index in [-0.39, 0.29) is 5.88 Å². The third-order valence-corrected chi connectivity index (χ3v) is 4.43. The number of nitrogens with one attached hydrogen (secondary N) is 1. The molecule has 6 nitrogen and oxygen atoms in total. The van der Waals surface area contributed by atoms with Crippen molar-refractivity contribution in [3.8, 4) is 5.88 Å². The Labute approximate surface area is 136 Å². The number of ether oxygens (including phenoxy) is 1. The fourth-order valence-electron chi connectivity index (χ4n) is 1.76. The van der Waals surface area contributed by atoms with Gasteiger partial charge < -0.3 is 9.84 Å². The molecule has 22 heavy (non-hydrogen) atoms. The number of aromatic nitrogens is 1. The van der Waals surface area contributed by atoms with E-state index in [2.05, 4.69) is 15.3 Å². The molecule has 1 aromatic carbocycles. The van der Waals surface area contributed by atoms with Gasteiger partial charge in [-0.25, -0.2) is 10.2 Å². The van der Waals surface area contributed by atoms with Crippen LogP contribution in [0.3, 0.4) is 0 Å². The average Bonchev–Trinajstić information content (AvgIpc) is 2.81. The highest BCUT2D eigenvalue weighted by Gasteiger charge is 2.15. The molecule has 1 aromatic heterocycles. The largest absolute Gasteiger partial charge is 0.493 e. The molecule has 8 heteroatoms. The quantitative estimate of drug-likeness (QED) is 0.511. The first-order valence-electron chi connectivity index (χ1n) is 6.38. The number of amides is 1. The molecular weight excluding hydrogens is 322 g/mol. The maximum atomic E-state index is 11.0. The van der Waals surface area contributed by atoms with E-state index in [9.17, 15) is 9.90 Å². The van der Waals surface area contributed by atoms with Gasteiger partial charge in [0.05, 0.1) is 19.4 Å². The molecule has 0 saturated carbocycles. The molecule has 0 atom stereocenters. The Morgan fingerprint density at radius 3 is 2.77 bits per heavy atom. The molecule has 116 valence electrons. The van der Waals surface area contributed by atoms with Crippen LogP contribution < -0.4 is 5.43 Å². The first kappa shape index (κ1) is 16.2. The van der Waals surface area contributed by atoms with Crippen LogP contribution in [0.2, 0.25) is 0 Å². The van der Waals surface area contributed by atoms with E-state index in [1.165, 1.54) is 18.4 Å². The molecule has 0 saturated heterocycles. The number of rotatable bonds is 4. The van der Waals surface area contributed by atoms with Crippen molar-refractivity contribution in [3.63, 3.8) is 0 Å². The summed E-state index contributed by atoms with van der Waals surface area (Å²) >= 11 is 6.52. The van der Waals surface area contributed by atoms with E-state index < -0.39 is 6.09 Å². The standard InChI is InChI=1S/C14H15N3O3S2/c1-9(15-16-13(19)20-2)11-12(18)17(14(21)22-11)8-10-6-4-3-5-7-10/h3-7,18H,8H2,1-2H3,(H,16,19)/b15-9+. The number of aromatic hydroxyl groups is 1. The molecule has 1 heterocycles. The molecule has 2 aromatic rings. The second-order valence-electron chi connectivity index (χ2n) is 4.39. The normalized spacial score (nSPS) is 11.3. The lowest BCUT2D eigenvalue weighted by Crippen LogP contribution is -2.18. The minimum atomic E-state index is -0.675. The number of hydrogen-bond acceptors (Lipinski definition) is 6.